The molecule has 39 heavy (non-hydrogen) atoms. The van der Waals surface area contributed by atoms with Crippen LogP contribution in [0.4, 0.5) is 16.6 Å². The Balaban J connectivity index is 1.15. The highest BCUT2D eigenvalue weighted by atomic mass is 79.9. The lowest BCUT2D eigenvalue weighted by atomic mass is 9.92. The molecule has 1 saturated heterocycles. The largest absolute Gasteiger partial charge is 0.415 e. The van der Waals surface area contributed by atoms with Crippen LogP contribution in [-0.4, -0.2) is 61.7 Å². The van der Waals surface area contributed by atoms with Crippen molar-refractivity contribution in [3.05, 3.63) is 35.1 Å². The molecule has 2 aromatic heterocycles. The first-order valence-electron chi connectivity index (χ1n) is 14.3. The summed E-state index contributed by atoms with van der Waals surface area (Å²) < 4.78 is 8.76. The molecule has 4 N–H and O–H groups in total. The normalized spacial score (nSPS) is 22.8. The van der Waals surface area contributed by atoms with Crippen LogP contribution in [0.1, 0.15) is 70.3 Å². The Morgan fingerprint density at radius 2 is 1.62 bits per heavy atom. The van der Waals surface area contributed by atoms with Crippen molar-refractivity contribution in [2.24, 2.45) is 5.73 Å². The van der Waals surface area contributed by atoms with Crippen molar-refractivity contribution in [3.63, 3.8) is 0 Å². The fourth-order valence-corrected chi connectivity index (χ4v) is 6.31. The molecule has 2 saturated carbocycles. The summed E-state index contributed by atoms with van der Waals surface area (Å²) >= 11 is 3.41. The number of carbonyl (C=O) groups excluding carboxylic acids is 1. The topological polar surface area (TPSA) is 123 Å². The van der Waals surface area contributed by atoms with E-state index >= 15 is 0 Å². The standard InChI is InChI=1S/C28H37BrN8O2/c29-18-5-11-23(12-6-18)39-28(38)36-15-13-21(14-16-36)32-25-24-26(37(17-31-24)22-3-1-2-4-22)35-27(34-25)33-20-9-7-19(30)8-10-20/h5-6,11-12,17,19-22H,1-4,7-10,13-16,30H2,(H2,32,33,34,35). The number of fused-ring (bicyclic) bond motifs is 1. The van der Waals surface area contributed by atoms with Gasteiger partial charge in [-0.25, -0.2) is 9.78 Å². The number of halogens is 1. The van der Waals surface area contributed by atoms with Crippen LogP contribution in [-0.2, 0) is 0 Å². The van der Waals surface area contributed by atoms with Crippen molar-refractivity contribution in [3.8, 4) is 5.75 Å². The molecule has 0 bridgehead atoms. The van der Waals surface area contributed by atoms with Crippen LogP contribution in [0.25, 0.3) is 11.2 Å². The van der Waals surface area contributed by atoms with Gasteiger partial charge in [-0.05, 0) is 75.6 Å². The van der Waals surface area contributed by atoms with Gasteiger partial charge in [-0.1, -0.05) is 28.8 Å². The molecule has 11 heteroatoms. The Morgan fingerprint density at radius 3 is 2.33 bits per heavy atom. The van der Waals surface area contributed by atoms with Gasteiger partial charge < -0.3 is 30.6 Å². The van der Waals surface area contributed by atoms with E-state index in [0.717, 1.165) is 72.8 Å². The number of aromatic nitrogens is 4. The van der Waals surface area contributed by atoms with E-state index < -0.39 is 0 Å². The number of imidazole rings is 1. The van der Waals surface area contributed by atoms with E-state index in [-0.39, 0.29) is 12.1 Å². The predicted molar refractivity (Wildman–Crippen MR) is 155 cm³/mol. The van der Waals surface area contributed by atoms with E-state index in [9.17, 15) is 4.79 Å². The van der Waals surface area contributed by atoms with Crippen LogP contribution in [0.5, 0.6) is 5.75 Å². The monoisotopic (exact) mass is 596 g/mol. The number of likely N-dealkylation sites (tertiary alicyclic amines) is 1. The maximum atomic E-state index is 12.7. The van der Waals surface area contributed by atoms with E-state index in [1.807, 2.05) is 18.5 Å². The molecule has 2 aliphatic carbocycles. The molecule has 3 fully saturated rings. The summed E-state index contributed by atoms with van der Waals surface area (Å²) in [7, 11) is 0. The summed E-state index contributed by atoms with van der Waals surface area (Å²) in [6.07, 6.45) is 12.1. The van der Waals surface area contributed by atoms with Crippen molar-refractivity contribution in [1.82, 2.24) is 24.4 Å². The van der Waals surface area contributed by atoms with Crippen molar-refractivity contribution < 1.29 is 9.53 Å². The molecule has 3 aromatic rings. The maximum absolute atomic E-state index is 12.7. The Morgan fingerprint density at radius 1 is 0.923 bits per heavy atom. The number of anilines is 2. The molecule has 0 spiro atoms. The van der Waals surface area contributed by atoms with E-state index in [4.69, 9.17) is 25.4 Å². The number of hydrogen-bond donors (Lipinski definition) is 3. The zero-order valence-electron chi connectivity index (χ0n) is 22.2. The van der Waals surface area contributed by atoms with Crippen LogP contribution < -0.4 is 21.1 Å². The molecule has 1 aromatic carbocycles. The molecule has 3 heterocycles. The molecule has 0 unspecified atom stereocenters. The third kappa shape index (κ3) is 6.14. The second kappa shape index (κ2) is 11.7. The molecule has 1 amide bonds. The lowest BCUT2D eigenvalue weighted by Crippen LogP contribution is -2.43. The fourth-order valence-electron chi connectivity index (χ4n) is 6.05. The van der Waals surface area contributed by atoms with Gasteiger partial charge in [-0.15, -0.1) is 0 Å². The fraction of sp³-hybridized carbons (Fsp3) is 0.571. The summed E-state index contributed by atoms with van der Waals surface area (Å²) in [6.45, 7) is 1.23. The van der Waals surface area contributed by atoms with Crippen molar-refractivity contribution in [1.29, 1.82) is 0 Å². The Labute approximate surface area is 237 Å². The first-order chi connectivity index (χ1) is 19.0. The van der Waals surface area contributed by atoms with Gasteiger partial charge in [-0.3, -0.25) is 0 Å². The highest BCUT2D eigenvalue weighted by Gasteiger charge is 2.27. The van der Waals surface area contributed by atoms with Gasteiger partial charge in [0, 0.05) is 41.7 Å². The Hall–Kier alpha value is -2.92. The van der Waals surface area contributed by atoms with E-state index in [1.54, 1.807) is 17.0 Å². The molecule has 10 nitrogen and oxygen atoms in total. The Bertz CT molecular complexity index is 1280. The van der Waals surface area contributed by atoms with Gasteiger partial charge in [-0.2, -0.15) is 9.97 Å². The van der Waals surface area contributed by atoms with Gasteiger partial charge >= 0.3 is 6.09 Å². The Kier molecular flexibility index (Phi) is 7.87. The van der Waals surface area contributed by atoms with Crippen molar-refractivity contribution >= 4 is 45.0 Å². The minimum atomic E-state index is -0.311. The van der Waals surface area contributed by atoms with Gasteiger partial charge in [0.1, 0.15) is 5.75 Å². The highest BCUT2D eigenvalue weighted by molar-refractivity contribution is 9.10. The number of amides is 1. The zero-order valence-corrected chi connectivity index (χ0v) is 23.8. The van der Waals surface area contributed by atoms with E-state index in [0.29, 0.717) is 42.9 Å². The van der Waals surface area contributed by atoms with Gasteiger partial charge in [0.2, 0.25) is 5.95 Å². The van der Waals surface area contributed by atoms with Crippen LogP contribution in [0.15, 0.2) is 35.1 Å². The summed E-state index contributed by atoms with van der Waals surface area (Å²) in [4.78, 5) is 29.1. The summed E-state index contributed by atoms with van der Waals surface area (Å²) in [5.41, 5.74) is 7.83. The second-order valence-electron chi connectivity index (χ2n) is 11.1. The van der Waals surface area contributed by atoms with Crippen molar-refractivity contribution in [2.75, 3.05) is 23.7 Å². The van der Waals surface area contributed by atoms with Crippen LogP contribution in [0.3, 0.4) is 0 Å². The number of nitrogens with two attached hydrogens (primary N) is 1. The predicted octanol–water partition coefficient (Wildman–Crippen LogP) is 5.46. The molecule has 3 aliphatic rings. The molecule has 208 valence electrons. The van der Waals surface area contributed by atoms with E-state index in [2.05, 4.69) is 31.1 Å². The smallest absolute Gasteiger partial charge is 0.410 e. The first-order valence-corrected chi connectivity index (χ1v) is 15.1. The van der Waals surface area contributed by atoms with Crippen LogP contribution in [0, 0.1) is 0 Å². The molecular formula is C28H37BrN8O2. The highest BCUT2D eigenvalue weighted by Crippen LogP contribution is 2.34. The van der Waals surface area contributed by atoms with Crippen molar-refractivity contribution in [2.45, 2.75) is 88.4 Å². The molecule has 0 radical (unpaired) electrons. The minimum absolute atomic E-state index is 0.178. The number of piperidine rings is 1. The lowest BCUT2D eigenvalue weighted by molar-refractivity contribution is 0.140. The van der Waals surface area contributed by atoms with E-state index in [1.165, 1.54) is 12.8 Å². The zero-order chi connectivity index (χ0) is 26.8. The molecule has 0 atom stereocenters. The third-order valence-corrected chi connectivity index (χ3v) is 8.89. The number of nitrogens with one attached hydrogen (secondary N) is 2. The number of hydrogen-bond acceptors (Lipinski definition) is 8. The molecule has 1 aliphatic heterocycles. The summed E-state index contributed by atoms with van der Waals surface area (Å²) in [5.74, 6) is 1.97. The van der Waals surface area contributed by atoms with Gasteiger partial charge in [0.25, 0.3) is 0 Å². The van der Waals surface area contributed by atoms with Crippen LogP contribution >= 0.6 is 15.9 Å². The molecular weight excluding hydrogens is 560 g/mol. The average molecular weight is 598 g/mol. The maximum Gasteiger partial charge on any atom is 0.415 e. The third-order valence-electron chi connectivity index (χ3n) is 8.36. The summed E-state index contributed by atoms with van der Waals surface area (Å²) in [6, 6.07) is 8.55. The summed E-state index contributed by atoms with van der Waals surface area (Å²) in [5, 5.41) is 7.25. The first kappa shape index (κ1) is 26.3. The molecule has 6 rings (SSSR count). The lowest BCUT2D eigenvalue weighted by Gasteiger charge is -2.32. The average Bonchev–Trinajstić information content (AvgIpc) is 3.62. The second-order valence-corrected chi connectivity index (χ2v) is 12.1. The van der Waals surface area contributed by atoms with Gasteiger partial charge in [0.05, 0.1) is 6.33 Å². The number of ether oxygens (including phenoxy) is 1. The SMILES string of the molecule is NC1CCC(Nc2nc(NC3CCN(C(=O)Oc4ccc(Br)cc4)CC3)c3ncn(C4CCCC4)c3n2)CC1. The number of carbonyl (C=O) groups is 1. The van der Waals surface area contributed by atoms with Crippen LogP contribution in [0.2, 0.25) is 0 Å². The number of benzene rings is 1. The van der Waals surface area contributed by atoms with Gasteiger partial charge in [0.15, 0.2) is 17.0 Å². The minimum Gasteiger partial charge on any atom is -0.410 e. The quantitative estimate of drug-likeness (QED) is 0.342. The number of nitrogens with zero attached hydrogens (tertiary/aromatic N) is 5. The number of rotatable bonds is 6.